The molecule has 0 aliphatic heterocycles. The van der Waals surface area contributed by atoms with Gasteiger partial charge in [-0.3, -0.25) is 4.79 Å². The molecule has 0 aliphatic carbocycles. The topological polar surface area (TPSA) is 75.6 Å². The average molecular weight is 422 g/mol. The molecule has 0 saturated heterocycles. The second kappa shape index (κ2) is 8.51. The molecule has 5 aromatic rings. The van der Waals surface area contributed by atoms with Gasteiger partial charge in [0.1, 0.15) is 0 Å². The minimum Gasteiger partial charge on any atom is -0.361 e. The summed E-state index contributed by atoms with van der Waals surface area (Å²) in [5.41, 5.74) is 5.11. The molecule has 32 heavy (non-hydrogen) atoms. The number of nitrogens with zero attached hydrogens (tertiary/aromatic N) is 3. The lowest BCUT2D eigenvalue weighted by Crippen LogP contribution is -2.29. The second-order valence-corrected chi connectivity index (χ2v) is 7.72. The van der Waals surface area contributed by atoms with Crippen LogP contribution in [0.15, 0.2) is 91.1 Å². The van der Waals surface area contributed by atoms with E-state index in [0.717, 1.165) is 27.7 Å². The summed E-state index contributed by atoms with van der Waals surface area (Å²) < 4.78 is 0. The lowest BCUT2D eigenvalue weighted by Gasteiger charge is -2.18. The number of benzene rings is 3. The maximum Gasteiger partial charge on any atom is 0.273 e. The Balaban J connectivity index is 1.42. The third kappa shape index (κ3) is 3.78. The Hall–Kier alpha value is -4.19. The van der Waals surface area contributed by atoms with Crippen LogP contribution in [-0.2, 0) is 0 Å². The number of hydrogen-bond donors (Lipinski definition) is 2. The van der Waals surface area contributed by atoms with E-state index >= 15 is 0 Å². The van der Waals surface area contributed by atoms with Gasteiger partial charge < -0.3 is 10.3 Å². The predicted molar refractivity (Wildman–Crippen MR) is 125 cm³/mol. The molecule has 1 amide bonds. The SMILES string of the molecule is Cc1nn(-c2ccccc2)nc1C(=O)NCC(c1ccccc1)c1c[nH]c2ccccc12. The summed E-state index contributed by atoms with van der Waals surface area (Å²) in [5, 5.41) is 13.1. The molecule has 5 rings (SSSR count). The Bertz CT molecular complexity index is 1360. The Morgan fingerprint density at radius 1 is 0.938 bits per heavy atom. The van der Waals surface area contributed by atoms with E-state index in [2.05, 4.69) is 44.8 Å². The van der Waals surface area contributed by atoms with Gasteiger partial charge in [-0.15, -0.1) is 5.10 Å². The normalized spacial score (nSPS) is 12.0. The van der Waals surface area contributed by atoms with Crippen LogP contribution in [0, 0.1) is 6.92 Å². The molecule has 1 unspecified atom stereocenters. The van der Waals surface area contributed by atoms with Crippen molar-refractivity contribution in [1.29, 1.82) is 0 Å². The number of carbonyl (C=O) groups is 1. The van der Waals surface area contributed by atoms with Crippen molar-refractivity contribution >= 4 is 16.8 Å². The fourth-order valence-corrected chi connectivity index (χ4v) is 4.02. The minimum atomic E-state index is -0.231. The number of hydrogen-bond acceptors (Lipinski definition) is 3. The minimum absolute atomic E-state index is 0.000717. The van der Waals surface area contributed by atoms with E-state index in [4.69, 9.17) is 0 Å². The summed E-state index contributed by atoms with van der Waals surface area (Å²) in [5.74, 6) is -0.230. The molecule has 1 atom stereocenters. The maximum atomic E-state index is 13.0. The smallest absolute Gasteiger partial charge is 0.273 e. The molecule has 158 valence electrons. The number of aryl methyl sites for hydroxylation is 1. The van der Waals surface area contributed by atoms with Crippen LogP contribution in [0.3, 0.4) is 0 Å². The Morgan fingerprint density at radius 2 is 1.62 bits per heavy atom. The number of H-pyrrole nitrogens is 1. The Labute approximate surface area is 185 Å². The largest absolute Gasteiger partial charge is 0.361 e. The number of nitrogens with one attached hydrogen (secondary N) is 2. The van der Waals surface area contributed by atoms with Crippen molar-refractivity contribution < 1.29 is 4.79 Å². The lowest BCUT2D eigenvalue weighted by atomic mass is 9.91. The van der Waals surface area contributed by atoms with Crippen LogP contribution in [0.2, 0.25) is 0 Å². The van der Waals surface area contributed by atoms with Gasteiger partial charge >= 0.3 is 0 Å². The molecule has 0 aliphatic rings. The van der Waals surface area contributed by atoms with Gasteiger partial charge in [-0.25, -0.2) is 0 Å². The van der Waals surface area contributed by atoms with Crippen LogP contribution in [0.5, 0.6) is 0 Å². The summed E-state index contributed by atoms with van der Waals surface area (Å²) in [6, 6.07) is 28.0. The highest BCUT2D eigenvalue weighted by molar-refractivity contribution is 5.93. The molecule has 0 spiro atoms. The van der Waals surface area contributed by atoms with E-state index in [1.54, 1.807) is 6.92 Å². The number of para-hydroxylation sites is 2. The van der Waals surface area contributed by atoms with Gasteiger partial charge in [0, 0.05) is 29.6 Å². The standard InChI is InChI=1S/C26H23N5O/c1-18-25(30-31(29-18)20-12-6-3-7-13-20)26(32)28-16-22(19-10-4-2-5-11-19)23-17-27-24-15-9-8-14-21(23)24/h2-15,17,22,27H,16H2,1H3,(H,28,32). The van der Waals surface area contributed by atoms with Crippen molar-refractivity contribution in [1.82, 2.24) is 25.3 Å². The van der Waals surface area contributed by atoms with E-state index in [0.29, 0.717) is 17.9 Å². The van der Waals surface area contributed by atoms with Crippen LogP contribution >= 0.6 is 0 Å². The molecule has 0 saturated carbocycles. The van der Waals surface area contributed by atoms with Crippen LogP contribution in [-0.4, -0.2) is 32.4 Å². The van der Waals surface area contributed by atoms with Gasteiger partial charge in [-0.05, 0) is 36.2 Å². The van der Waals surface area contributed by atoms with Crippen molar-refractivity contribution in [3.8, 4) is 5.69 Å². The third-order valence-corrected chi connectivity index (χ3v) is 5.65. The summed E-state index contributed by atoms with van der Waals surface area (Å²) in [4.78, 5) is 17.9. The fourth-order valence-electron chi connectivity index (χ4n) is 4.02. The zero-order chi connectivity index (χ0) is 21.9. The van der Waals surface area contributed by atoms with Crippen molar-refractivity contribution in [3.63, 3.8) is 0 Å². The predicted octanol–water partition coefficient (Wildman–Crippen LogP) is 4.62. The fraction of sp³-hybridized carbons (Fsp3) is 0.115. The van der Waals surface area contributed by atoms with E-state index in [1.807, 2.05) is 66.9 Å². The molecule has 2 heterocycles. The summed E-state index contributed by atoms with van der Waals surface area (Å²) >= 11 is 0. The summed E-state index contributed by atoms with van der Waals surface area (Å²) in [6.07, 6.45) is 2.03. The molecule has 3 aromatic carbocycles. The first kappa shape index (κ1) is 19.8. The highest BCUT2D eigenvalue weighted by atomic mass is 16.2. The number of aromatic amines is 1. The maximum absolute atomic E-state index is 13.0. The number of rotatable bonds is 6. The first-order chi connectivity index (χ1) is 15.7. The van der Waals surface area contributed by atoms with Gasteiger partial charge in [-0.1, -0.05) is 66.7 Å². The molecule has 2 aromatic heterocycles. The van der Waals surface area contributed by atoms with Gasteiger partial charge in [0.15, 0.2) is 5.69 Å². The van der Waals surface area contributed by atoms with Crippen molar-refractivity contribution in [2.45, 2.75) is 12.8 Å². The van der Waals surface area contributed by atoms with Gasteiger partial charge in [0.05, 0.1) is 11.4 Å². The van der Waals surface area contributed by atoms with Crippen LogP contribution in [0.25, 0.3) is 16.6 Å². The van der Waals surface area contributed by atoms with Crippen molar-refractivity contribution in [2.75, 3.05) is 6.54 Å². The van der Waals surface area contributed by atoms with Crippen LogP contribution in [0.1, 0.15) is 33.2 Å². The Morgan fingerprint density at radius 3 is 2.41 bits per heavy atom. The van der Waals surface area contributed by atoms with E-state index in [1.165, 1.54) is 4.80 Å². The molecule has 6 nitrogen and oxygen atoms in total. The summed E-state index contributed by atoms with van der Waals surface area (Å²) in [6.45, 7) is 2.25. The van der Waals surface area contributed by atoms with Crippen molar-refractivity contribution in [3.05, 3.63) is 114 Å². The molecule has 0 fully saturated rings. The molecular weight excluding hydrogens is 398 g/mol. The number of carbonyl (C=O) groups excluding carboxylic acids is 1. The second-order valence-electron chi connectivity index (χ2n) is 7.72. The molecule has 6 heteroatoms. The van der Waals surface area contributed by atoms with E-state index in [-0.39, 0.29) is 11.8 Å². The zero-order valence-corrected chi connectivity index (χ0v) is 17.7. The Kier molecular flexibility index (Phi) is 5.25. The number of aromatic nitrogens is 4. The van der Waals surface area contributed by atoms with Crippen LogP contribution < -0.4 is 5.32 Å². The lowest BCUT2D eigenvalue weighted by molar-refractivity contribution is 0.0946. The average Bonchev–Trinajstić information content (AvgIpc) is 3.44. The number of fused-ring (bicyclic) bond motifs is 1. The summed E-state index contributed by atoms with van der Waals surface area (Å²) in [7, 11) is 0. The van der Waals surface area contributed by atoms with E-state index < -0.39 is 0 Å². The van der Waals surface area contributed by atoms with Gasteiger partial charge in [0.25, 0.3) is 5.91 Å². The van der Waals surface area contributed by atoms with Crippen LogP contribution in [0.4, 0.5) is 0 Å². The number of amides is 1. The first-order valence-electron chi connectivity index (χ1n) is 10.6. The zero-order valence-electron chi connectivity index (χ0n) is 17.7. The quantitative estimate of drug-likeness (QED) is 0.420. The molecule has 2 N–H and O–H groups in total. The molecular formula is C26H23N5O. The highest BCUT2D eigenvalue weighted by Gasteiger charge is 2.21. The molecule has 0 radical (unpaired) electrons. The molecule has 0 bridgehead atoms. The van der Waals surface area contributed by atoms with Crippen molar-refractivity contribution in [2.24, 2.45) is 0 Å². The monoisotopic (exact) mass is 421 g/mol. The highest BCUT2D eigenvalue weighted by Crippen LogP contribution is 2.30. The van der Waals surface area contributed by atoms with E-state index in [9.17, 15) is 4.79 Å². The first-order valence-corrected chi connectivity index (χ1v) is 10.6. The van der Waals surface area contributed by atoms with Gasteiger partial charge in [-0.2, -0.15) is 9.90 Å². The third-order valence-electron chi connectivity index (χ3n) is 5.65. The van der Waals surface area contributed by atoms with Gasteiger partial charge in [0.2, 0.25) is 0 Å².